The van der Waals surface area contributed by atoms with Crippen molar-refractivity contribution < 1.29 is 35.4 Å². The van der Waals surface area contributed by atoms with E-state index >= 15 is 0 Å². The van der Waals surface area contributed by atoms with Gasteiger partial charge >= 0.3 is 0 Å². The minimum absolute atomic E-state index is 0.134. The van der Waals surface area contributed by atoms with Gasteiger partial charge < -0.3 is 30.6 Å². The third-order valence-corrected chi connectivity index (χ3v) is 5.98. The van der Waals surface area contributed by atoms with Gasteiger partial charge in [-0.3, -0.25) is 4.79 Å². The predicted molar refractivity (Wildman–Crippen MR) is 121 cm³/mol. The number of carbonyl (C=O) groups excluding carboxylic acids is 1. The van der Waals surface area contributed by atoms with E-state index in [-0.39, 0.29) is 6.42 Å². The van der Waals surface area contributed by atoms with Gasteiger partial charge in [-0.15, -0.1) is 0 Å². The molecule has 0 aromatic heterocycles. The van der Waals surface area contributed by atoms with Gasteiger partial charge in [0.25, 0.3) is 5.79 Å². The topological polar surface area (TPSA) is 138 Å². The van der Waals surface area contributed by atoms with Gasteiger partial charge in [-0.2, -0.15) is 0 Å². The van der Waals surface area contributed by atoms with Gasteiger partial charge in [0.1, 0.15) is 18.3 Å². The van der Waals surface area contributed by atoms with Gasteiger partial charge in [-0.1, -0.05) is 103 Å². The maximum absolute atomic E-state index is 12.0. The highest BCUT2D eigenvalue weighted by molar-refractivity contribution is 5.86. The van der Waals surface area contributed by atoms with Gasteiger partial charge in [0.2, 0.25) is 0 Å². The first kappa shape index (κ1) is 30.4. The SMILES string of the molecule is CCCCCCCCCCCCCCCCCCC(=O)C(O)(O)C(O)C(O)C(O)CO. The molecule has 0 saturated heterocycles. The second-order valence-corrected chi connectivity index (χ2v) is 8.89. The number of unbranched alkanes of at least 4 members (excludes halogenated alkanes) is 15. The summed E-state index contributed by atoms with van der Waals surface area (Å²) in [7, 11) is 0. The van der Waals surface area contributed by atoms with Crippen molar-refractivity contribution in [2.45, 2.75) is 140 Å². The molecule has 0 aliphatic carbocycles. The second kappa shape index (κ2) is 18.9. The van der Waals surface area contributed by atoms with Crippen LogP contribution in [0.4, 0.5) is 0 Å². The molecule has 0 spiro atoms. The summed E-state index contributed by atoms with van der Waals surface area (Å²) in [4.78, 5) is 12.0. The Morgan fingerprint density at radius 2 is 1.03 bits per heavy atom. The van der Waals surface area contributed by atoms with Crippen molar-refractivity contribution in [3.8, 4) is 0 Å². The van der Waals surface area contributed by atoms with E-state index in [4.69, 9.17) is 5.11 Å². The van der Waals surface area contributed by atoms with Crippen LogP contribution in [0.3, 0.4) is 0 Å². The summed E-state index contributed by atoms with van der Waals surface area (Å²) in [6.45, 7) is 1.37. The summed E-state index contributed by atoms with van der Waals surface area (Å²) in [5.74, 6) is -4.15. The van der Waals surface area contributed by atoms with Crippen LogP contribution in [-0.4, -0.2) is 67.1 Å². The third-order valence-electron chi connectivity index (χ3n) is 5.98. The molecule has 0 aromatic rings. The van der Waals surface area contributed by atoms with E-state index in [1.54, 1.807) is 0 Å². The van der Waals surface area contributed by atoms with E-state index in [1.165, 1.54) is 77.0 Å². The predicted octanol–water partition coefficient (Wildman–Crippen LogP) is 2.96. The van der Waals surface area contributed by atoms with E-state index in [2.05, 4.69) is 6.92 Å². The average Bonchev–Trinajstić information content (AvgIpc) is 2.76. The van der Waals surface area contributed by atoms with E-state index in [0.717, 1.165) is 19.3 Å². The van der Waals surface area contributed by atoms with Gasteiger partial charge in [-0.25, -0.2) is 0 Å². The van der Waals surface area contributed by atoms with Crippen LogP contribution in [0.5, 0.6) is 0 Å². The fraction of sp³-hybridized carbons (Fsp3) is 0.958. The number of aliphatic hydroxyl groups excluding tert-OH is 4. The smallest absolute Gasteiger partial charge is 0.253 e. The lowest BCUT2D eigenvalue weighted by Gasteiger charge is -2.31. The summed E-state index contributed by atoms with van der Waals surface area (Å²) in [5, 5.41) is 56.9. The standard InChI is InChI=1S/C24H48O7/c1-2-3-4-5-6-7-8-9-10-11-12-13-14-15-16-17-18-21(27)24(30,31)23(29)22(28)20(26)19-25/h20,22-23,25-26,28-31H,2-19H2,1H3. The molecule has 0 heterocycles. The molecule has 0 aromatic carbocycles. The molecular formula is C24H48O7. The lowest BCUT2D eigenvalue weighted by molar-refractivity contribution is -0.246. The Balaban J connectivity index is 3.62. The fourth-order valence-corrected chi connectivity index (χ4v) is 3.74. The highest BCUT2D eigenvalue weighted by atomic mass is 16.5. The number of Topliss-reactive ketones (excluding diaryl/α,β-unsaturated/α-hetero) is 1. The fourth-order valence-electron chi connectivity index (χ4n) is 3.74. The second-order valence-electron chi connectivity index (χ2n) is 8.89. The minimum atomic E-state index is -3.15. The molecule has 0 rings (SSSR count). The Labute approximate surface area is 188 Å². The van der Waals surface area contributed by atoms with Crippen molar-refractivity contribution in [1.82, 2.24) is 0 Å². The van der Waals surface area contributed by atoms with Crippen molar-refractivity contribution >= 4 is 5.78 Å². The van der Waals surface area contributed by atoms with E-state index < -0.39 is 36.5 Å². The Morgan fingerprint density at radius 1 is 0.677 bits per heavy atom. The Hall–Kier alpha value is -0.570. The van der Waals surface area contributed by atoms with Crippen LogP contribution in [0.25, 0.3) is 0 Å². The maximum atomic E-state index is 12.0. The third kappa shape index (κ3) is 14.2. The molecule has 7 nitrogen and oxygen atoms in total. The number of aliphatic hydroxyl groups is 6. The molecule has 7 heteroatoms. The van der Waals surface area contributed by atoms with Crippen molar-refractivity contribution in [3.63, 3.8) is 0 Å². The van der Waals surface area contributed by atoms with Crippen LogP contribution in [0.2, 0.25) is 0 Å². The quantitative estimate of drug-likeness (QED) is 0.111. The molecule has 0 bridgehead atoms. The Kier molecular flexibility index (Phi) is 18.6. The first-order valence-electron chi connectivity index (χ1n) is 12.4. The monoisotopic (exact) mass is 448 g/mol. The highest BCUT2D eigenvalue weighted by Gasteiger charge is 2.46. The molecule has 3 atom stereocenters. The van der Waals surface area contributed by atoms with Crippen molar-refractivity contribution in [1.29, 1.82) is 0 Å². The van der Waals surface area contributed by atoms with Crippen LogP contribution < -0.4 is 0 Å². The van der Waals surface area contributed by atoms with Gasteiger partial charge in [0, 0.05) is 6.42 Å². The van der Waals surface area contributed by atoms with Gasteiger partial charge in [0.15, 0.2) is 5.78 Å². The van der Waals surface area contributed by atoms with Crippen LogP contribution in [0.1, 0.15) is 116 Å². The van der Waals surface area contributed by atoms with Gasteiger partial charge in [0.05, 0.1) is 6.61 Å². The Bertz CT molecular complexity index is 428. The normalized spacial score (nSPS) is 15.1. The molecule has 0 radical (unpaired) electrons. The molecule has 31 heavy (non-hydrogen) atoms. The first-order chi connectivity index (χ1) is 14.8. The average molecular weight is 449 g/mol. The van der Waals surface area contributed by atoms with Gasteiger partial charge in [-0.05, 0) is 6.42 Å². The number of ketones is 1. The minimum Gasteiger partial charge on any atom is -0.394 e. The lowest BCUT2D eigenvalue weighted by atomic mass is 9.94. The molecule has 0 aliphatic heterocycles. The van der Waals surface area contributed by atoms with Crippen molar-refractivity contribution in [2.75, 3.05) is 6.61 Å². The largest absolute Gasteiger partial charge is 0.394 e. The summed E-state index contributed by atoms with van der Waals surface area (Å²) >= 11 is 0. The molecule has 0 fully saturated rings. The molecule has 0 amide bonds. The number of hydrogen-bond donors (Lipinski definition) is 6. The molecule has 6 N–H and O–H groups in total. The first-order valence-corrected chi connectivity index (χ1v) is 12.4. The van der Waals surface area contributed by atoms with Crippen molar-refractivity contribution in [3.05, 3.63) is 0 Å². The summed E-state index contributed by atoms with van der Waals surface area (Å²) in [6.07, 6.45) is 12.9. The van der Waals surface area contributed by atoms with E-state index in [1.807, 2.05) is 0 Å². The summed E-state index contributed by atoms with van der Waals surface area (Å²) < 4.78 is 0. The number of carbonyl (C=O) groups is 1. The Morgan fingerprint density at radius 3 is 1.39 bits per heavy atom. The summed E-state index contributed by atoms with van der Waals surface area (Å²) in [5.41, 5.74) is 0. The zero-order valence-electron chi connectivity index (χ0n) is 19.6. The maximum Gasteiger partial charge on any atom is 0.253 e. The zero-order valence-corrected chi connectivity index (χ0v) is 19.6. The van der Waals surface area contributed by atoms with E-state index in [0.29, 0.717) is 6.42 Å². The highest BCUT2D eigenvalue weighted by Crippen LogP contribution is 2.19. The lowest BCUT2D eigenvalue weighted by Crippen LogP contribution is -2.58. The molecule has 186 valence electrons. The molecule has 0 saturated carbocycles. The summed E-state index contributed by atoms with van der Waals surface area (Å²) in [6, 6.07) is 0. The molecule has 0 aliphatic rings. The van der Waals surface area contributed by atoms with Crippen molar-refractivity contribution in [2.24, 2.45) is 0 Å². The van der Waals surface area contributed by atoms with Crippen LogP contribution in [-0.2, 0) is 4.79 Å². The van der Waals surface area contributed by atoms with Crippen LogP contribution >= 0.6 is 0 Å². The van der Waals surface area contributed by atoms with Crippen LogP contribution in [0, 0.1) is 0 Å². The number of rotatable bonds is 22. The molecular weight excluding hydrogens is 400 g/mol. The molecule has 3 unspecified atom stereocenters. The van der Waals surface area contributed by atoms with E-state index in [9.17, 15) is 30.3 Å². The number of hydrogen-bond acceptors (Lipinski definition) is 7. The zero-order chi connectivity index (χ0) is 23.5. The van der Waals surface area contributed by atoms with Crippen LogP contribution in [0.15, 0.2) is 0 Å².